The molecule has 2 aliphatic rings. The Hall–Kier alpha value is -1.99. The number of hydrogen-bond acceptors (Lipinski definition) is 4. The highest BCUT2D eigenvalue weighted by Crippen LogP contribution is 2.25. The highest BCUT2D eigenvalue weighted by molar-refractivity contribution is 7.89. The summed E-state index contributed by atoms with van der Waals surface area (Å²) >= 11 is 0. The summed E-state index contributed by atoms with van der Waals surface area (Å²) < 4.78 is 27.4. The minimum atomic E-state index is -3.70. The standard InChI is InChI=1S/C17H20N2O4S/c1-19-16(20)14-8-7-13(11-15(14)17(19)21)24(22,23)18-10-9-12-5-3-2-4-6-12/h5,7-8,11,18H,2-4,6,9-10H2,1H3. The Bertz CT molecular complexity index is 827. The summed E-state index contributed by atoms with van der Waals surface area (Å²) in [6.45, 7) is 0.331. The van der Waals surface area contributed by atoms with E-state index in [0.717, 1.165) is 24.2 Å². The lowest BCUT2D eigenvalue weighted by atomic mass is 9.97. The van der Waals surface area contributed by atoms with Crippen molar-refractivity contribution in [3.63, 3.8) is 0 Å². The van der Waals surface area contributed by atoms with Crippen molar-refractivity contribution < 1.29 is 18.0 Å². The summed E-state index contributed by atoms with van der Waals surface area (Å²) in [5.74, 6) is -0.879. The second-order valence-electron chi connectivity index (χ2n) is 6.13. The van der Waals surface area contributed by atoms with Crippen LogP contribution in [0.5, 0.6) is 0 Å². The van der Waals surface area contributed by atoms with E-state index in [4.69, 9.17) is 0 Å². The molecule has 1 aliphatic carbocycles. The zero-order valence-electron chi connectivity index (χ0n) is 13.5. The van der Waals surface area contributed by atoms with Crippen molar-refractivity contribution in [1.82, 2.24) is 9.62 Å². The Morgan fingerprint density at radius 2 is 1.88 bits per heavy atom. The van der Waals surface area contributed by atoms with E-state index >= 15 is 0 Å². The van der Waals surface area contributed by atoms with Crippen LogP contribution < -0.4 is 4.72 Å². The van der Waals surface area contributed by atoms with Crippen molar-refractivity contribution in [3.8, 4) is 0 Å². The number of hydrogen-bond donors (Lipinski definition) is 1. The highest BCUT2D eigenvalue weighted by Gasteiger charge is 2.33. The molecule has 0 atom stereocenters. The molecule has 0 spiro atoms. The number of benzene rings is 1. The fourth-order valence-electron chi connectivity index (χ4n) is 3.07. The van der Waals surface area contributed by atoms with Gasteiger partial charge in [-0.15, -0.1) is 0 Å². The van der Waals surface area contributed by atoms with E-state index in [1.807, 2.05) is 0 Å². The van der Waals surface area contributed by atoms with Crippen LogP contribution in [0.2, 0.25) is 0 Å². The third-order valence-corrected chi connectivity index (χ3v) is 5.95. The smallest absolute Gasteiger partial charge is 0.261 e. The van der Waals surface area contributed by atoms with Crippen LogP contribution in [0.15, 0.2) is 34.7 Å². The number of nitrogens with one attached hydrogen (secondary N) is 1. The molecule has 1 heterocycles. The molecule has 1 aromatic rings. The normalized spacial score (nSPS) is 17.9. The zero-order valence-corrected chi connectivity index (χ0v) is 14.4. The second-order valence-corrected chi connectivity index (χ2v) is 7.90. The zero-order chi connectivity index (χ0) is 17.3. The molecule has 1 N–H and O–H groups in total. The van der Waals surface area contributed by atoms with Gasteiger partial charge in [-0.1, -0.05) is 11.6 Å². The van der Waals surface area contributed by atoms with E-state index in [1.165, 1.54) is 37.2 Å². The molecule has 0 unspecified atom stereocenters. The number of carbonyl (C=O) groups is 2. The molecule has 7 heteroatoms. The first-order chi connectivity index (χ1) is 11.4. The van der Waals surface area contributed by atoms with Gasteiger partial charge in [0.1, 0.15) is 0 Å². The molecular formula is C17H20N2O4S. The lowest BCUT2D eigenvalue weighted by Crippen LogP contribution is -2.25. The first-order valence-electron chi connectivity index (χ1n) is 8.04. The summed E-state index contributed by atoms with van der Waals surface area (Å²) in [6, 6.07) is 4.05. The second kappa shape index (κ2) is 6.49. The molecule has 0 saturated carbocycles. The first-order valence-corrected chi connectivity index (χ1v) is 9.52. The van der Waals surface area contributed by atoms with E-state index in [0.29, 0.717) is 13.0 Å². The van der Waals surface area contributed by atoms with Gasteiger partial charge in [0, 0.05) is 13.6 Å². The molecule has 6 nitrogen and oxygen atoms in total. The summed E-state index contributed by atoms with van der Waals surface area (Å²) in [6.07, 6.45) is 7.34. The Morgan fingerprint density at radius 1 is 1.12 bits per heavy atom. The van der Waals surface area contributed by atoms with Crippen molar-refractivity contribution in [2.75, 3.05) is 13.6 Å². The minimum Gasteiger partial charge on any atom is -0.277 e. The van der Waals surface area contributed by atoms with E-state index < -0.39 is 21.8 Å². The maximum absolute atomic E-state index is 12.4. The van der Waals surface area contributed by atoms with Crippen LogP contribution >= 0.6 is 0 Å². The van der Waals surface area contributed by atoms with Crippen LogP contribution in [0, 0.1) is 0 Å². The average Bonchev–Trinajstić information content (AvgIpc) is 2.80. The summed E-state index contributed by atoms with van der Waals surface area (Å²) in [5, 5.41) is 0. The highest BCUT2D eigenvalue weighted by atomic mass is 32.2. The number of amides is 2. The quantitative estimate of drug-likeness (QED) is 0.652. The van der Waals surface area contributed by atoms with Gasteiger partial charge >= 0.3 is 0 Å². The molecule has 0 aromatic heterocycles. The van der Waals surface area contributed by atoms with Crippen LogP contribution in [0.3, 0.4) is 0 Å². The molecular weight excluding hydrogens is 328 g/mol. The molecule has 0 fully saturated rings. The van der Waals surface area contributed by atoms with E-state index in [1.54, 1.807) is 0 Å². The molecule has 1 aromatic carbocycles. The van der Waals surface area contributed by atoms with Gasteiger partial charge in [-0.2, -0.15) is 0 Å². The van der Waals surface area contributed by atoms with Gasteiger partial charge in [-0.3, -0.25) is 14.5 Å². The molecule has 3 rings (SSSR count). The number of fused-ring (bicyclic) bond motifs is 1. The van der Waals surface area contributed by atoms with Crippen LogP contribution in [0.1, 0.15) is 52.8 Å². The Balaban J connectivity index is 1.73. The first kappa shape index (κ1) is 16.9. The maximum atomic E-state index is 12.4. The molecule has 0 saturated heterocycles. The van der Waals surface area contributed by atoms with E-state index in [2.05, 4.69) is 10.8 Å². The molecule has 2 amide bonds. The van der Waals surface area contributed by atoms with Gasteiger partial charge in [0.15, 0.2) is 0 Å². The van der Waals surface area contributed by atoms with Gasteiger partial charge in [-0.25, -0.2) is 13.1 Å². The largest absolute Gasteiger partial charge is 0.277 e. The van der Waals surface area contributed by atoms with Crippen molar-refractivity contribution in [3.05, 3.63) is 41.0 Å². The minimum absolute atomic E-state index is 0.00956. The number of imide groups is 1. The molecule has 1 aliphatic heterocycles. The van der Waals surface area contributed by atoms with Gasteiger partial charge in [0.25, 0.3) is 11.8 Å². The topological polar surface area (TPSA) is 83.6 Å². The van der Waals surface area contributed by atoms with E-state index in [-0.39, 0.29) is 16.0 Å². The number of allylic oxidation sites excluding steroid dienone is 1. The van der Waals surface area contributed by atoms with Crippen molar-refractivity contribution in [2.45, 2.75) is 37.0 Å². The number of carbonyl (C=O) groups excluding carboxylic acids is 2. The van der Waals surface area contributed by atoms with Crippen molar-refractivity contribution >= 4 is 21.8 Å². The molecule has 0 bridgehead atoms. The lowest BCUT2D eigenvalue weighted by Gasteiger charge is -2.13. The van der Waals surface area contributed by atoms with Crippen LogP contribution in [0.25, 0.3) is 0 Å². The third-order valence-electron chi connectivity index (χ3n) is 4.49. The van der Waals surface area contributed by atoms with Gasteiger partial charge in [-0.05, 0) is 50.3 Å². The third kappa shape index (κ3) is 3.14. The summed E-state index contributed by atoms with van der Waals surface area (Å²) in [5.41, 5.74) is 1.68. The number of sulfonamides is 1. The SMILES string of the molecule is CN1C(=O)c2ccc(S(=O)(=O)NCCC3=CCCCC3)cc2C1=O. The Labute approximate surface area is 141 Å². The van der Waals surface area contributed by atoms with Crippen molar-refractivity contribution in [2.24, 2.45) is 0 Å². The number of nitrogens with zero attached hydrogens (tertiary/aromatic N) is 1. The predicted octanol–water partition coefficient (Wildman–Crippen LogP) is 2.08. The van der Waals surface area contributed by atoms with Gasteiger partial charge in [0.05, 0.1) is 16.0 Å². The maximum Gasteiger partial charge on any atom is 0.261 e. The predicted molar refractivity (Wildman–Crippen MR) is 89.2 cm³/mol. The summed E-state index contributed by atoms with van der Waals surface area (Å²) in [7, 11) is -2.32. The van der Waals surface area contributed by atoms with Crippen molar-refractivity contribution in [1.29, 1.82) is 0 Å². The average molecular weight is 348 g/mol. The molecule has 128 valence electrons. The van der Waals surface area contributed by atoms with Gasteiger partial charge < -0.3 is 0 Å². The van der Waals surface area contributed by atoms with Crippen LogP contribution in [-0.2, 0) is 10.0 Å². The number of rotatable bonds is 5. The fourth-order valence-corrected chi connectivity index (χ4v) is 4.13. The van der Waals surface area contributed by atoms with E-state index in [9.17, 15) is 18.0 Å². The van der Waals surface area contributed by atoms with Crippen LogP contribution in [-0.4, -0.2) is 38.7 Å². The van der Waals surface area contributed by atoms with Gasteiger partial charge in [0.2, 0.25) is 10.0 Å². The van der Waals surface area contributed by atoms with Crippen LogP contribution in [0.4, 0.5) is 0 Å². The molecule has 24 heavy (non-hydrogen) atoms. The lowest BCUT2D eigenvalue weighted by molar-refractivity contribution is 0.0693. The summed E-state index contributed by atoms with van der Waals surface area (Å²) in [4.78, 5) is 24.8. The fraction of sp³-hybridized carbons (Fsp3) is 0.412. The Kier molecular flexibility index (Phi) is 4.56. The molecule has 0 radical (unpaired) electrons. The Morgan fingerprint density at radius 3 is 2.58 bits per heavy atom. The monoisotopic (exact) mass is 348 g/mol.